The first-order valence-electron chi connectivity index (χ1n) is 5.38. The molecule has 0 radical (unpaired) electrons. The Kier molecular flexibility index (Phi) is 5.80. The summed E-state index contributed by atoms with van der Waals surface area (Å²) in [6.45, 7) is -0.119. The number of rotatable bonds is 5. The van der Waals surface area contributed by atoms with Gasteiger partial charge in [-0.05, 0) is 17.7 Å². The molecule has 0 aliphatic rings. The van der Waals surface area contributed by atoms with Crippen LogP contribution in [0.15, 0.2) is 28.7 Å². The van der Waals surface area contributed by atoms with Crippen LogP contribution in [0, 0.1) is 0 Å². The van der Waals surface area contributed by atoms with Crippen LogP contribution in [0.25, 0.3) is 0 Å². The maximum atomic E-state index is 11.4. The quantitative estimate of drug-likeness (QED) is 0.798. The molecule has 6 heteroatoms. The Labute approximate surface area is 114 Å². The Hall–Kier alpha value is -1.40. The summed E-state index contributed by atoms with van der Waals surface area (Å²) in [6.07, 6.45) is 0.0681. The summed E-state index contributed by atoms with van der Waals surface area (Å²) in [6, 6.07) is 6.92. The number of halogens is 1. The number of carbonyl (C=O) groups is 2. The van der Waals surface area contributed by atoms with Crippen LogP contribution in [-0.4, -0.2) is 25.5 Å². The van der Waals surface area contributed by atoms with Gasteiger partial charge in [0.25, 0.3) is 0 Å². The molecule has 0 aliphatic carbocycles. The van der Waals surface area contributed by atoms with E-state index in [9.17, 15) is 9.59 Å². The van der Waals surface area contributed by atoms with Crippen LogP contribution in [0.2, 0.25) is 0 Å². The monoisotopic (exact) mass is 314 g/mol. The molecule has 18 heavy (non-hydrogen) atoms. The largest absolute Gasteiger partial charge is 0.469 e. The highest BCUT2D eigenvalue weighted by molar-refractivity contribution is 9.10. The second-order valence-electron chi connectivity index (χ2n) is 3.66. The lowest BCUT2D eigenvalue weighted by atomic mass is 10.0. The third-order valence-corrected chi connectivity index (χ3v) is 2.86. The molecular weight excluding hydrogens is 300 g/mol. The molecule has 0 bridgehead atoms. The van der Waals surface area contributed by atoms with Crippen LogP contribution >= 0.6 is 15.9 Å². The average molecular weight is 315 g/mol. The van der Waals surface area contributed by atoms with Gasteiger partial charge in [-0.1, -0.05) is 28.1 Å². The smallest absolute Gasteiger partial charge is 0.307 e. The van der Waals surface area contributed by atoms with Crippen LogP contribution in [0.1, 0.15) is 18.0 Å². The number of amides is 1. The van der Waals surface area contributed by atoms with Gasteiger partial charge < -0.3 is 15.8 Å². The van der Waals surface area contributed by atoms with E-state index in [0.717, 1.165) is 10.0 Å². The predicted octanol–water partition coefficient (Wildman–Crippen LogP) is 1.13. The maximum Gasteiger partial charge on any atom is 0.307 e. The van der Waals surface area contributed by atoms with E-state index in [0.29, 0.717) is 0 Å². The third kappa shape index (κ3) is 4.46. The fourth-order valence-corrected chi connectivity index (χ4v) is 1.90. The van der Waals surface area contributed by atoms with Crippen molar-refractivity contribution in [3.8, 4) is 0 Å². The number of nitrogens with two attached hydrogens (primary N) is 1. The minimum atomic E-state index is -0.439. The topological polar surface area (TPSA) is 81.4 Å². The Morgan fingerprint density at radius 2 is 2.22 bits per heavy atom. The molecule has 3 N–H and O–H groups in total. The second-order valence-corrected chi connectivity index (χ2v) is 4.58. The zero-order valence-electron chi connectivity index (χ0n) is 9.98. The second kappa shape index (κ2) is 7.13. The van der Waals surface area contributed by atoms with Gasteiger partial charge in [0.15, 0.2) is 0 Å². The summed E-state index contributed by atoms with van der Waals surface area (Å²) in [5.74, 6) is -0.707. The van der Waals surface area contributed by atoms with Crippen molar-refractivity contribution in [1.82, 2.24) is 5.32 Å². The molecule has 1 atom stereocenters. The van der Waals surface area contributed by atoms with E-state index in [-0.39, 0.29) is 18.9 Å². The summed E-state index contributed by atoms with van der Waals surface area (Å²) in [5.41, 5.74) is 6.07. The zero-order chi connectivity index (χ0) is 13.5. The van der Waals surface area contributed by atoms with Crippen LogP contribution in [0.3, 0.4) is 0 Å². The lowest BCUT2D eigenvalue weighted by molar-refractivity contribution is -0.141. The Balaban J connectivity index is 2.88. The highest BCUT2D eigenvalue weighted by Crippen LogP contribution is 2.21. The molecule has 98 valence electrons. The number of carbonyl (C=O) groups excluding carboxylic acids is 2. The molecule has 1 rings (SSSR count). The van der Waals surface area contributed by atoms with Crippen molar-refractivity contribution in [2.75, 3.05) is 13.7 Å². The van der Waals surface area contributed by atoms with E-state index in [1.54, 1.807) is 0 Å². The van der Waals surface area contributed by atoms with E-state index in [4.69, 9.17) is 5.73 Å². The summed E-state index contributed by atoms with van der Waals surface area (Å²) < 4.78 is 5.49. The van der Waals surface area contributed by atoms with Crippen molar-refractivity contribution in [2.45, 2.75) is 12.5 Å². The molecule has 0 fully saturated rings. The van der Waals surface area contributed by atoms with Crippen molar-refractivity contribution in [3.63, 3.8) is 0 Å². The standard InChI is InChI=1S/C12H15BrN2O3/c1-18-12(17)6-10(15-11(16)7-14)8-3-2-4-9(13)5-8/h2-5,10H,6-7,14H2,1H3,(H,15,16)/t10-/m0/s1. The molecule has 0 saturated carbocycles. The first-order valence-corrected chi connectivity index (χ1v) is 6.17. The fraction of sp³-hybridized carbons (Fsp3) is 0.333. The number of nitrogens with one attached hydrogen (secondary N) is 1. The third-order valence-electron chi connectivity index (χ3n) is 2.37. The molecule has 1 aromatic rings. The van der Waals surface area contributed by atoms with E-state index in [1.807, 2.05) is 24.3 Å². The van der Waals surface area contributed by atoms with Gasteiger partial charge in [0.2, 0.25) is 5.91 Å². The number of benzene rings is 1. The molecular formula is C12H15BrN2O3. The van der Waals surface area contributed by atoms with Crippen molar-refractivity contribution in [2.24, 2.45) is 5.73 Å². The number of methoxy groups -OCH3 is 1. The fourth-order valence-electron chi connectivity index (χ4n) is 1.48. The highest BCUT2D eigenvalue weighted by Gasteiger charge is 2.18. The van der Waals surface area contributed by atoms with Gasteiger partial charge in [-0.3, -0.25) is 9.59 Å². The first-order chi connectivity index (χ1) is 8.56. The van der Waals surface area contributed by atoms with Crippen molar-refractivity contribution in [3.05, 3.63) is 34.3 Å². The van der Waals surface area contributed by atoms with Crippen molar-refractivity contribution >= 4 is 27.8 Å². The van der Waals surface area contributed by atoms with Gasteiger partial charge in [-0.15, -0.1) is 0 Å². The van der Waals surface area contributed by atoms with Crippen molar-refractivity contribution in [1.29, 1.82) is 0 Å². The van der Waals surface area contributed by atoms with Gasteiger partial charge in [0.1, 0.15) is 0 Å². The molecule has 0 heterocycles. The average Bonchev–Trinajstić information content (AvgIpc) is 2.37. The van der Waals surface area contributed by atoms with Gasteiger partial charge in [-0.2, -0.15) is 0 Å². The Morgan fingerprint density at radius 3 is 2.78 bits per heavy atom. The predicted molar refractivity (Wildman–Crippen MR) is 70.7 cm³/mol. The van der Waals surface area contributed by atoms with Gasteiger partial charge in [0, 0.05) is 4.47 Å². The highest BCUT2D eigenvalue weighted by atomic mass is 79.9. The van der Waals surface area contributed by atoms with Crippen LogP contribution < -0.4 is 11.1 Å². The molecule has 0 saturated heterocycles. The minimum absolute atomic E-state index is 0.0681. The first kappa shape index (κ1) is 14.7. The Morgan fingerprint density at radius 1 is 1.50 bits per heavy atom. The van der Waals surface area contributed by atoms with Gasteiger partial charge >= 0.3 is 5.97 Å². The molecule has 1 aromatic carbocycles. The molecule has 5 nitrogen and oxygen atoms in total. The molecule has 1 amide bonds. The number of esters is 1. The van der Waals surface area contributed by atoms with Crippen molar-refractivity contribution < 1.29 is 14.3 Å². The summed E-state index contributed by atoms with van der Waals surface area (Å²) in [7, 11) is 1.31. The zero-order valence-corrected chi connectivity index (χ0v) is 11.6. The van der Waals surface area contributed by atoms with E-state index in [1.165, 1.54) is 7.11 Å². The summed E-state index contributed by atoms with van der Waals surface area (Å²) in [4.78, 5) is 22.7. The van der Waals surface area contributed by atoms with E-state index < -0.39 is 12.0 Å². The summed E-state index contributed by atoms with van der Waals surface area (Å²) in [5, 5.41) is 2.69. The van der Waals surface area contributed by atoms with E-state index in [2.05, 4.69) is 26.0 Å². The van der Waals surface area contributed by atoms with Crippen LogP contribution in [-0.2, 0) is 14.3 Å². The lowest BCUT2D eigenvalue weighted by Crippen LogP contribution is -2.35. The van der Waals surface area contributed by atoms with Crippen LogP contribution in [0.5, 0.6) is 0 Å². The number of hydrogen-bond acceptors (Lipinski definition) is 4. The molecule has 0 spiro atoms. The van der Waals surface area contributed by atoms with E-state index >= 15 is 0 Å². The van der Waals surface area contributed by atoms with Crippen LogP contribution in [0.4, 0.5) is 0 Å². The minimum Gasteiger partial charge on any atom is -0.469 e. The normalized spacial score (nSPS) is 11.7. The molecule has 0 unspecified atom stereocenters. The Bertz CT molecular complexity index is 419. The SMILES string of the molecule is COC(=O)C[C@H](NC(=O)CN)c1cccc(Br)c1. The molecule has 0 aliphatic heterocycles. The lowest BCUT2D eigenvalue weighted by Gasteiger charge is -2.18. The maximum absolute atomic E-state index is 11.4. The van der Waals surface area contributed by atoms with Gasteiger partial charge in [0.05, 0.1) is 26.1 Å². The number of hydrogen-bond donors (Lipinski definition) is 2. The summed E-state index contributed by atoms with van der Waals surface area (Å²) >= 11 is 3.34. The molecule has 0 aromatic heterocycles. The number of ether oxygens (including phenoxy) is 1. The van der Waals surface area contributed by atoms with Gasteiger partial charge in [-0.25, -0.2) is 0 Å².